The number of carbonyl (C=O) groups is 1. The largest absolute Gasteiger partial charge is 0.348 e. The van der Waals surface area contributed by atoms with Gasteiger partial charge >= 0.3 is 0 Å². The summed E-state index contributed by atoms with van der Waals surface area (Å²) in [6.45, 7) is 5.44. The summed E-state index contributed by atoms with van der Waals surface area (Å²) in [5.41, 5.74) is 1.55. The van der Waals surface area contributed by atoms with Gasteiger partial charge in [-0.2, -0.15) is 0 Å². The molecule has 1 atom stereocenters. The van der Waals surface area contributed by atoms with Crippen molar-refractivity contribution in [1.82, 2.24) is 9.47 Å². The molecule has 0 fully saturated rings. The zero-order chi connectivity index (χ0) is 15.7. The van der Waals surface area contributed by atoms with Crippen molar-refractivity contribution < 1.29 is 9.18 Å². The van der Waals surface area contributed by atoms with Crippen LogP contribution in [0.15, 0.2) is 42.6 Å². The Morgan fingerprint density at radius 2 is 2.00 bits per heavy atom. The molecule has 1 amide bonds. The van der Waals surface area contributed by atoms with E-state index in [1.54, 1.807) is 12.1 Å². The molecule has 3 nitrogen and oxygen atoms in total. The number of carbonyl (C=O) groups excluding carboxylic acids is 1. The molecule has 0 spiro atoms. The van der Waals surface area contributed by atoms with Crippen LogP contribution < -0.4 is 0 Å². The van der Waals surface area contributed by atoms with Gasteiger partial charge in [0.2, 0.25) is 5.91 Å². The van der Waals surface area contributed by atoms with Crippen LogP contribution in [-0.4, -0.2) is 21.9 Å². The van der Waals surface area contributed by atoms with Crippen LogP contribution in [0.4, 0.5) is 4.39 Å². The Labute approximate surface area is 130 Å². The molecular formula is C18H21FN2O. The van der Waals surface area contributed by atoms with E-state index in [0.717, 1.165) is 12.2 Å². The molecule has 0 saturated carbocycles. The van der Waals surface area contributed by atoms with Crippen LogP contribution in [0.1, 0.15) is 37.6 Å². The van der Waals surface area contributed by atoms with Gasteiger partial charge < -0.3 is 9.47 Å². The van der Waals surface area contributed by atoms with E-state index in [4.69, 9.17) is 0 Å². The predicted molar refractivity (Wildman–Crippen MR) is 83.8 cm³/mol. The molecule has 1 aromatic heterocycles. The lowest BCUT2D eigenvalue weighted by atomic mass is 9.98. The highest BCUT2D eigenvalue weighted by molar-refractivity contribution is 5.77. The molecule has 2 aromatic rings. The van der Waals surface area contributed by atoms with Crippen LogP contribution in [0, 0.1) is 11.7 Å². The summed E-state index contributed by atoms with van der Waals surface area (Å²) in [6.07, 6.45) is 2.49. The van der Waals surface area contributed by atoms with Crippen LogP contribution >= 0.6 is 0 Å². The average molecular weight is 300 g/mol. The number of aromatic nitrogens is 1. The Morgan fingerprint density at radius 3 is 2.73 bits per heavy atom. The molecule has 0 aliphatic carbocycles. The second-order valence-corrected chi connectivity index (χ2v) is 6.24. The fourth-order valence-electron chi connectivity index (χ4n) is 3.14. The first kappa shape index (κ1) is 14.8. The Morgan fingerprint density at radius 1 is 1.23 bits per heavy atom. The number of hydrogen-bond donors (Lipinski definition) is 0. The maximum atomic E-state index is 14.3. The van der Waals surface area contributed by atoms with Gasteiger partial charge in [0.15, 0.2) is 0 Å². The van der Waals surface area contributed by atoms with Gasteiger partial charge in [0.1, 0.15) is 11.9 Å². The third-order valence-corrected chi connectivity index (χ3v) is 4.14. The van der Waals surface area contributed by atoms with Gasteiger partial charge in [-0.25, -0.2) is 4.39 Å². The minimum Gasteiger partial charge on any atom is -0.348 e. The van der Waals surface area contributed by atoms with Gasteiger partial charge in [-0.05, 0) is 24.1 Å². The molecule has 116 valence electrons. The van der Waals surface area contributed by atoms with Crippen molar-refractivity contribution in [2.75, 3.05) is 6.54 Å². The number of amides is 1. The maximum Gasteiger partial charge on any atom is 0.223 e. The average Bonchev–Trinajstić information content (AvgIpc) is 2.94. The first-order valence-corrected chi connectivity index (χ1v) is 7.77. The van der Waals surface area contributed by atoms with E-state index in [2.05, 4.69) is 4.57 Å². The fraction of sp³-hybridized carbons (Fsp3) is 0.389. The summed E-state index contributed by atoms with van der Waals surface area (Å²) in [6, 6.07) is 10.3. The summed E-state index contributed by atoms with van der Waals surface area (Å²) in [5.74, 6) is 0.127. The number of benzene rings is 1. The van der Waals surface area contributed by atoms with Gasteiger partial charge in [-0.1, -0.05) is 32.0 Å². The minimum absolute atomic E-state index is 0.0932. The molecule has 1 aromatic carbocycles. The quantitative estimate of drug-likeness (QED) is 0.850. The van der Waals surface area contributed by atoms with E-state index in [9.17, 15) is 9.18 Å². The molecule has 0 N–H and O–H groups in total. The van der Waals surface area contributed by atoms with Crippen molar-refractivity contribution in [3.8, 4) is 0 Å². The number of nitrogens with zero attached hydrogens (tertiary/aromatic N) is 2. The number of hydrogen-bond acceptors (Lipinski definition) is 1. The summed E-state index contributed by atoms with van der Waals surface area (Å²) in [4.78, 5) is 14.5. The third kappa shape index (κ3) is 2.65. The monoisotopic (exact) mass is 300 g/mol. The first-order chi connectivity index (χ1) is 10.6. The van der Waals surface area contributed by atoms with Crippen LogP contribution in [-0.2, 0) is 11.3 Å². The number of halogens is 1. The van der Waals surface area contributed by atoms with Gasteiger partial charge in [-0.3, -0.25) is 4.79 Å². The first-order valence-electron chi connectivity index (χ1n) is 7.77. The van der Waals surface area contributed by atoms with E-state index in [-0.39, 0.29) is 17.8 Å². The molecule has 1 aliphatic rings. The summed E-state index contributed by atoms with van der Waals surface area (Å²) in [5, 5.41) is 0. The Balaban J connectivity index is 2.04. The van der Waals surface area contributed by atoms with Crippen LogP contribution in [0.3, 0.4) is 0 Å². The highest BCUT2D eigenvalue weighted by Gasteiger charge is 2.33. The highest BCUT2D eigenvalue weighted by atomic mass is 19.1. The molecule has 0 saturated heterocycles. The van der Waals surface area contributed by atoms with E-state index in [1.165, 1.54) is 6.07 Å². The van der Waals surface area contributed by atoms with E-state index in [1.807, 2.05) is 43.1 Å². The van der Waals surface area contributed by atoms with Crippen molar-refractivity contribution in [1.29, 1.82) is 0 Å². The van der Waals surface area contributed by atoms with Crippen molar-refractivity contribution in [2.24, 2.45) is 5.92 Å². The smallest absolute Gasteiger partial charge is 0.223 e. The van der Waals surface area contributed by atoms with Crippen molar-refractivity contribution in [2.45, 2.75) is 32.9 Å². The second-order valence-electron chi connectivity index (χ2n) is 6.24. The lowest BCUT2D eigenvalue weighted by Crippen LogP contribution is -2.43. The standard InChI is InChI=1S/C18H21FN2O/c1-13(2)12-17(22)21-11-10-20-9-5-8-16(20)18(21)14-6-3-4-7-15(14)19/h3-9,13,18H,10-12H2,1-2H3. The van der Waals surface area contributed by atoms with Gasteiger partial charge in [0.25, 0.3) is 0 Å². The van der Waals surface area contributed by atoms with Gasteiger partial charge in [0, 0.05) is 37.0 Å². The summed E-state index contributed by atoms with van der Waals surface area (Å²) in [7, 11) is 0. The topological polar surface area (TPSA) is 25.2 Å². The van der Waals surface area contributed by atoms with Gasteiger partial charge in [0.05, 0.1) is 0 Å². The molecule has 22 heavy (non-hydrogen) atoms. The van der Waals surface area contributed by atoms with E-state index < -0.39 is 0 Å². The molecule has 1 aliphatic heterocycles. The predicted octanol–water partition coefficient (Wildman–Crippen LogP) is 3.60. The molecule has 4 heteroatoms. The summed E-state index contributed by atoms with van der Waals surface area (Å²) >= 11 is 0. The van der Waals surface area contributed by atoms with Gasteiger partial charge in [-0.15, -0.1) is 0 Å². The van der Waals surface area contributed by atoms with Crippen LogP contribution in [0.25, 0.3) is 0 Å². The molecular weight excluding hydrogens is 279 g/mol. The van der Waals surface area contributed by atoms with Crippen molar-refractivity contribution in [3.63, 3.8) is 0 Å². The van der Waals surface area contributed by atoms with Crippen molar-refractivity contribution >= 4 is 5.91 Å². The second kappa shape index (κ2) is 5.95. The van der Waals surface area contributed by atoms with E-state index in [0.29, 0.717) is 24.4 Å². The zero-order valence-electron chi connectivity index (χ0n) is 13.0. The molecule has 1 unspecified atom stereocenters. The number of fused-ring (bicyclic) bond motifs is 1. The van der Waals surface area contributed by atoms with E-state index >= 15 is 0 Å². The molecule has 0 bridgehead atoms. The maximum absolute atomic E-state index is 14.3. The minimum atomic E-state index is -0.337. The van der Waals surface area contributed by atoms with Crippen LogP contribution in [0.5, 0.6) is 0 Å². The van der Waals surface area contributed by atoms with Crippen molar-refractivity contribution in [3.05, 3.63) is 59.7 Å². The summed E-state index contributed by atoms with van der Waals surface area (Å²) < 4.78 is 16.4. The third-order valence-electron chi connectivity index (χ3n) is 4.14. The Kier molecular flexibility index (Phi) is 4.01. The van der Waals surface area contributed by atoms with Crippen LogP contribution in [0.2, 0.25) is 0 Å². The Bertz CT molecular complexity index is 677. The molecule has 3 rings (SSSR count). The lowest BCUT2D eigenvalue weighted by Gasteiger charge is -2.38. The molecule has 2 heterocycles. The normalized spacial score (nSPS) is 17.6. The lowest BCUT2D eigenvalue weighted by molar-refractivity contribution is -0.134. The zero-order valence-corrected chi connectivity index (χ0v) is 13.0. The fourth-order valence-corrected chi connectivity index (χ4v) is 3.14. The SMILES string of the molecule is CC(C)CC(=O)N1CCn2cccc2C1c1ccccc1F. The number of rotatable bonds is 3. The highest BCUT2D eigenvalue weighted by Crippen LogP contribution is 2.34. The molecule has 0 radical (unpaired) electrons. The Hall–Kier alpha value is -2.10.